The zero-order chi connectivity index (χ0) is 10.5. The molecule has 15 heavy (non-hydrogen) atoms. The first-order valence-corrected chi connectivity index (χ1v) is 5.97. The second-order valence-corrected chi connectivity index (χ2v) is 4.13. The van der Waals surface area contributed by atoms with Crippen LogP contribution in [0.3, 0.4) is 0 Å². The van der Waals surface area contributed by atoms with Crippen molar-refractivity contribution in [3.05, 3.63) is 35.9 Å². The summed E-state index contributed by atoms with van der Waals surface area (Å²) in [4.78, 5) is 0. The van der Waals surface area contributed by atoms with Gasteiger partial charge in [0.1, 0.15) is 0 Å². The molecule has 1 unspecified atom stereocenters. The lowest BCUT2D eigenvalue weighted by molar-refractivity contribution is 0.0885. The van der Waals surface area contributed by atoms with Crippen molar-refractivity contribution >= 4 is 0 Å². The summed E-state index contributed by atoms with van der Waals surface area (Å²) >= 11 is 0. The summed E-state index contributed by atoms with van der Waals surface area (Å²) in [5.41, 5.74) is 4.91. The molecule has 0 aliphatic carbocycles. The molecule has 1 N–H and O–H groups in total. The Morgan fingerprint density at radius 3 is 2.80 bits per heavy atom. The molecule has 1 heterocycles. The summed E-state index contributed by atoms with van der Waals surface area (Å²) in [5, 5.41) is 2.40. The summed E-state index contributed by atoms with van der Waals surface area (Å²) in [7, 11) is 0. The third-order valence-electron chi connectivity index (χ3n) is 3.05. The maximum Gasteiger partial charge on any atom is 0.0492 e. The zero-order valence-corrected chi connectivity index (χ0v) is 9.45. The van der Waals surface area contributed by atoms with Gasteiger partial charge in [-0.3, -0.25) is 5.43 Å². The Kier molecular flexibility index (Phi) is 3.75. The van der Waals surface area contributed by atoms with Gasteiger partial charge in [-0.25, -0.2) is 5.01 Å². The lowest BCUT2D eigenvalue weighted by Gasteiger charge is -2.36. The summed E-state index contributed by atoms with van der Waals surface area (Å²) in [6, 6.07) is 11.4. The van der Waals surface area contributed by atoms with Crippen molar-refractivity contribution in [2.24, 2.45) is 0 Å². The maximum atomic E-state index is 3.47. The zero-order valence-electron chi connectivity index (χ0n) is 9.45. The topological polar surface area (TPSA) is 15.3 Å². The van der Waals surface area contributed by atoms with Crippen LogP contribution < -0.4 is 5.43 Å². The smallest absolute Gasteiger partial charge is 0.0492 e. The van der Waals surface area contributed by atoms with Gasteiger partial charge in [0.25, 0.3) is 0 Å². The average Bonchev–Trinajstić information content (AvgIpc) is 2.31. The van der Waals surface area contributed by atoms with Crippen LogP contribution in [0.5, 0.6) is 0 Å². The molecule has 1 aromatic rings. The van der Waals surface area contributed by atoms with Gasteiger partial charge in [-0.15, -0.1) is 0 Å². The predicted octanol–water partition coefficient (Wildman–Crippen LogP) is 2.74. The number of benzene rings is 1. The van der Waals surface area contributed by atoms with Crippen LogP contribution in [0.25, 0.3) is 0 Å². The summed E-state index contributed by atoms with van der Waals surface area (Å²) in [6.45, 7) is 4.35. The summed E-state index contributed by atoms with van der Waals surface area (Å²) < 4.78 is 0. The number of piperidine rings is 1. The van der Waals surface area contributed by atoms with Crippen LogP contribution in [0.1, 0.15) is 37.8 Å². The molecule has 0 amide bonds. The quantitative estimate of drug-likeness (QED) is 0.814. The Balaban J connectivity index is 2.11. The van der Waals surface area contributed by atoms with Crippen molar-refractivity contribution in [1.29, 1.82) is 0 Å². The largest absolute Gasteiger partial charge is 0.255 e. The average molecular weight is 204 g/mol. The number of nitrogens with one attached hydrogen (secondary N) is 1. The van der Waals surface area contributed by atoms with E-state index in [1.807, 2.05) is 0 Å². The summed E-state index contributed by atoms with van der Waals surface area (Å²) in [5.74, 6) is 0. The lowest BCUT2D eigenvalue weighted by atomic mass is 9.97. The van der Waals surface area contributed by atoms with Crippen molar-refractivity contribution in [2.45, 2.75) is 32.2 Å². The van der Waals surface area contributed by atoms with Gasteiger partial charge in [-0.2, -0.15) is 0 Å². The van der Waals surface area contributed by atoms with E-state index in [1.54, 1.807) is 0 Å². The van der Waals surface area contributed by atoms with Crippen LogP contribution in [0.15, 0.2) is 30.3 Å². The standard InChI is InChI=1S/C13H20N2/c1-2-14-15-11-7-6-10-13(15)12-8-4-3-5-9-12/h3-5,8-9,13-14H,2,6-7,10-11H2,1H3. The van der Waals surface area contributed by atoms with Crippen LogP contribution >= 0.6 is 0 Å². The van der Waals surface area contributed by atoms with E-state index in [-0.39, 0.29) is 0 Å². The van der Waals surface area contributed by atoms with Crippen molar-refractivity contribution in [3.63, 3.8) is 0 Å². The normalized spacial score (nSPS) is 22.9. The molecule has 0 radical (unpaired) electrons. The van der Waals surface area contributed by atoms with E-state index in [1.165, 1.54) is 31.4 Å². The Hall–Kier alpha value is -0.860. The van der Waals surface area contributed by atoms with E-state index in [4.69, 9.17) is 0 Å². The molecule has 0 spiro atoms. The molecule has 1 saturated heterocycles. The first-order chi connectivity index (χ1) is 7.42. The van der Waals surface area contributed by atoms with E-state index >= 15 is 0 Å². The van der Waals surface area contributed by atoms with Gasteiger partial charge in [0.2, 0.25) is 0 Å². The molecule has 1 aliphatic rings. The van der Waals surface area contributed by atoms with E-state index in [2.05, 4.69) is 47.7 Å². The first-order valence-electron chi connectivity index (χ1n) is 5.97. The van der Waals surface area contributed by atoms with Crippen LogP contribution in [-0.4, -0.2) is 18.1 Å². The van der Waals surface area contributed by atoms with Gasteiger partial charge in [0.05, 0.1) is 0 Å². The third-order valence-corrected chi connectivity index (χ3v) is 3.05. The molecule has 1 aliphatic heterocycles. The minimum atomic E-state index is 0.569. The van der Waals surface area contributed by atoms with Gasteiger partial charge in [-0.1, -0.05) is 43.7 Å². The fourth-order valence-corrected chi connectivity index (χ4v) is 2.35. The van der Waals surface area contributed by atoms with Crippen LogP contribution in [0.2, 0.25) is 0 Å². The van der Waals surface area contributed by atoms with Crippen LogP contribution in [0.4, 0.5) is 0 Å². The summed E-state index contributed by atoms with van der Waals surface area (Å²) in [6.07, 6.45) is 3.94. The van der Waals surface area contributed by atoms with E-state index < -0.39 is 0 Å². The number of hydrogen-bond donors (Lipinski definition) is 1. The predicted molar refractivity (Wildman–Crippen MR) is 63.4 cm³/mol. The Morgan fingerprint density at radius 1 is 1.27 bits per heavy atom. The molecular formula is C13H20N2. The number of hydrazine groups is 1. The fourth-order valence-electron chi connectivity index (χ4n) is 2.35. The Morgan fingerprint density at radius 2 is 2.07 bits per heavy atom. The molecule has 2 rings (SSSR count). The fraction of sp³-hybridized carbons (Fsp3) is 0.538. The molecule has 0 saturated carbocycles. The van der Waals surface area contributed by atoms with Gasteiger partial charge in [0, 0.05) is 19.1 Å². The van der Waals surface area contributed by atoms with Crippen molar-refractivity contribution in [1.82, 2.24) is 10.4 Å². The molecule has 0 bridgehead atoms. The Bertz CT molecular complexity index is 282. The minimum Gasteiger partial charge on any atom is -0.255 e. The molecular weight excluding hydrogens is 184 g/mol. The molecule has 0 aromatic heterocycles. The van der Waals surface area contributed by atoms with E-state index in [0.29, 0.717) is 6.04 Å². The van der Waals surface area contributed by atoms with Gasteiger partial charge in [-0.05, 0) is 18.4 Å². The first kappa shape index (κ1) is 10.7. The molecule has 2 nitrogen and oxygen atoms in total. The van der Waals surface area contributed by atoms with Gasteiger partial charge >= 0.3 is 0 Å². The highest BCUT2D eigenvalue weighted by Crippen LogP contribution is 2.28. The molecule has 2 heteroatoms. The SMILES string of the molecule is CCNN1CCCCC1c1ccccc1. The molecule has 1 fully saturated rings. The Labute approximate surface area is 92.3 Å². The number of rotatable bonds is 3. The number of hydrogen-bond acceptors (Lipinski definition) is 2. The van der Waals surface area contributed by atoms with Gasteiger partial charge < -0.3 is 0 Å². The molecule has 1 aromatic carbocycles. The van der Waals surface area contributed by atoms with Gasteiger partial charge in [0.15, 0.2) is 0 Å². The second-order valence-electron chi connectivity index (χ2n) is 4.13. The highest BCUT2D eigenvalue weighted by atomic mass is 15.5. The van der Waals surface area contributed by atoms with Crippen LogP contribution in [0, 0.1) is 0 Å². The highest BCUT2D eigenvalue weighted by molar-refractivity contribution is 5.19. The second kappa shape index (κ2) is 5.29. The third kappa shape index (κ3) is 2.58. The van der Waals surface area contributed by atoms with Crippen molar-refractivity contribution in [3.8, 4) is 0 Å². The highest BCUT2D eigenvalue weighted by Gasteiger charge is 2.22. The van der Waals surface area contributed by atoms with Crippen molar-refractivity contribution in [2.75, 3.05) is 13.1 Å². The van der Waals surface area contributed by atoms with E-state index in [0.717, 1.165) is 6.54 Å². The monoisotopic (exact) mass is 204 g/mol. The molecule has 82 valence electrons. The minimum absolute atomic E-state index is 0.569. The maximum absolute atomic E-state index is 3.47. The van der Waals surface area contributed by atoms with E-state index in [9.17, 15) is 0 Å². The number of nitrogens with zero attached hydrogens (tertiary/aromatic N) is 1. The van der Waals surface area contributed by atoms with Crippen LogP contribution in [-0.2, 0) is 0 Å². The van der Waals surface area contributed by atoms with Crippen molar-refractivity contribution < 1.29 is 0 Å². The lowest BCUT2D eigenvalue weighted by Crippen LogP contribution is -2.43. The molecule has 1 atom stereocenters.